The predicted molar refractivity (Wildman–Crippen MR) is 66.7 cm³/mol. The van der Waals surface area contributed by atoms with Gasteiger partial charge in [-0.05, 0) is 32.4 Å². The molecular formula is C12H18F3N3O3. The van der Waals surface area contributed by atoms with E-state index in [9.17, 15) is 22.8 Å². The standard InChI is InChI=1S/C12H18F3N3O3/c13-12(14,15)11(9(19)20)3-6-18(7-11)10(21)17-8-1-4-16-5-2-8/h8,16H,1-7H2,(H,17,21)(H,19,20). The third kappa shape index (κ3) is 3.07. The minimum atomic E-state index is -4.87. The van der Waals surface area contributed by atoms with Crippen LogP contribution in [0.2, 0.25) is 0 Å². The molecule has 9 heteroatoms. The molecule has 2 heterocycles. The number of hydrogen-bond acceptors (Lipinski definition) is 3. The van der Waals surface area contributed by atoms with Crippen LogP contribution in [0.3, 0.4) is 0 Å². The van der Waals surface area contributed by atoms with E-state index in [1.807, 2.05) is 0 Å². The van der Waals surface area contributed by atoms with Gasteiger partial charge in [-0.2, -0.15) is 13.2 Å². The van der Waals surface area contributed by atoms with E-state index in [0.29, 0.717) is 12.8 Å². The second kappa shape index (κ2) is 5.70. The molecule has 0 aromatic rings. The van der Waals surface area contributed by atoms with Gasteiger partial charge in [-0.15, -0.1) is 0 Å². The van der Waals surface area contributed by atoms with Crippen molar-refractivity contribution in [1.29, 1.82) is 0 Å². The van der Waals surface area contributed by atoms with Gasteiger partial charge in [0.1, 0.15) is 0 Å². The van der Waals surface area contributed by atoms with Crippen LogP contribution in [0.15, 0.2) is 0 Å². The van der Waals surface area contributed by atoms with Gasteiger partial charge >= 0.3 is 18.2 Å². The summed E-state index contributed by atoms with van der Waals surface area (Å²) in [4.78, 5) is 24.0. The van der Waals surface area contributed by atoms with Gasteiger partial charge in [-0.1, -0.05) is 0 Å². The van der Waals surface area contributed by atoms with Crippen LogP contribution < -0.4 is 10.6 Å². The summed E-state index contributed by atoms with van der Waals surface area (Å²) in [6.45, 7) is 0.449. The fraction of sp³-hybridized carbons (Fsp3) is 0.833. The van der Waals surface area contributed by atoms with Crippen molar-refractivity contribution in [2.75, 3.05) is 26.2 Å². The number of likely N-dealkylation sites (tertiary alicyclic amines) is 1. The second-order valence-corrected chi connectivity index (χ2v) is 5.53. The molecule has 1 unspecified atom stereocenters. The first-order valence-electron chi connectivity index (χ1n) is 6.82. The van der Waals surface area contributed by atoms with E-state index < -0.39 is 36.6 Å². The molecule has 0 aromatic carbocycles. The number of nitrogens with zero attached hydrogens (tertiary/aromatic N) is 1. The van der Waals surface area contributed by atoms with Crippen molar-refractivity contribution in [2.45, 2.75) is 31.5 Å². The Kier molecular flexibility index (Phi) is 4.31. The lowest BCUT2D eigenvalue weighted by Crippen LogP contribution is -2.51. The molecule has 2 aliphatic rings. The quantitative estimate of drug-likeness (QED) is 0.704. The van der Waals surface area contributed by atoms with Crippen LogP contribution in [0.4, 0.5) is 18.0 Å². The molecule has 2 amide bonds. The number of hydrogen-bond donors (Lipinski definition) is 3. The second-order valence-electron chi connectivity index (χ2n) is 5.53. The van der Waals surface area contributed by atoms with E-state index >= 15 is 0 Å². The average molecular weight is 309 g/mol. The summed E-state index contributed by atoms with van der Waals surface area (Å²) in [6, 6.07) is -0.696. The zero-order chi connectivity index (χ0) is 15.7. The number of aliphatic carboxylic acids is 1. The molecule has 0 spiro atoms. The number of alkyl halides is 3. The van der Waals surface area contributed by atoms with Crippen LogP contribution in [0.25, 0.3) is 0 Å². The van der Waals surface area contributed by atoms with Gasteiger partial charge in [0.15, 0.2) is 5.41 Å². The van der Waals surface area contributed by atoms with Crippen LogP contribution in [0.5, 0.6) is 0 Å². The van der Waals surface area contributed by atoms with Crippen LogP contribution in [-0.2, 0) is 4.79 Å². The highest BCUT2D eigenvalue weighted by molar-refractivity contribution is 5.80. The average Bonchev–Trinajstić information content (AvgIpc) is 2.86. The Balaban J connectivity index is 2.00. The first kappa shape index (κ1) is 15.9. The summed E-state index contributed by atoms with van der Waals surface area (Å²) < 4.78 is 39.0. The Morgan fingerprint density at radius 1 is 1.29 bits per heavy atom. The summed E-state index contributed by atoms with van der Waals surface area (Å²) >= 11 is 0. The number of halogens is 3. The molecule has 3 N–H and O–H groups in total. The molecule has 21 heavy (non-hydrogen) atoms. The minimum absolute atomic E-state index is 0.0792. The Bertz CT molecular complexity index is 424. The van der Waals surface area contributed by atoms with Crippen molar-refractivity contribution in [3.63, 3.8) is 0 Å². The molecule has 2 rings (SSSR count). The van der Waals surface area contributed by atoms with Crippen molar-refractivity contribution in [1.82, 2.24) is 15.5 Å². The molecule has 1 atom stereocenters. The first-order chi connectivity index (χ1) is 9.76. The van der Waals surface area contributed by atoms with Crippen LogP contribution in [0, 0.1) is 5.41 Å². The van der Waals surface area contributed by atoms with Gasteiger partial charge in [0.05, 0.1) is 0 Å². The number of amides is 2. The van der Waals surface area contributed by atoms with E-state index in [1.165, 1.54) is 0 Å². The Morgan fingerprint density at radius 3 is 2.38 bits per heavy atom. The van der Waals surface area contributed by atoms with Gasteiger partial charge in [-0.25, -0.2) is 4.79 Å². The molecule has 0 aromatic heterocycles. The molecule has 0 radical (unpaired) electrons. The van der Waals surface area contributed by atoms with Crippen molar-refractivity contribution in [3.05, 3.63) is 0 Å². The van der Waals surface area contributed by atoms with E-state index in [0.717, 1.165) is 18.0 Å². The van der Waals surface area contributed by atoms with Gasteiger partial charge in [0, 0.05) is 19.1 Å². The number of rotatable bonds is 2. The Labute approximate surface area is 119 Å². The zero-order valence-electron chi connectivity index (χ0n) is 11.4. The molecular weight excluding hydrogens is 291 g/mol. The monoisotopic (exact) mass is 309 g/mol. The maximum Gasteiger partial charge on any atom is 0.406 e. The largest absolute Gasteiger partial charge is 0.481 e. The lowest BCUT2D eigenvalue weighted by molar-refractivity contribution is -0.226. The summed E-state index contributed by atoms with van der Waals surface area (Å²) in [5, 5.41) is 14.7. The fourth-order valence-corrected chi connectivity index (χ4v) is 2.74. The Morgan fingerprint density at radius 2 is 1.90 bits per heavy atom. The smallest absolute Gasteiger partial charge is 0.406 e. The molecule has 2 aliphatic heterocycles. The normalized spacial score (nSPS) is 27.7. The number of nitrogens with one attached hydrogen (secondary N) is 2. The number of piperidine rings is 1. The predicted octanol–water partition coefficient (Wildman–Crippen LogP) is 0.787. The highest BCUT2D eigenvalue weighted by Crippen LogP contribution is 2.45. The molecule has 6 nitrogen and oxygen atoms in total. The zero-order valence-corrected chi connectivity index (χ0v) is 11.4. The van der Waals surface area contributed by atoms with Gasteiger partial charge in [0.2, 0.25) is 0 Å². The van der Waals surface area contributed by atoms with Gasteiger partial charge in [-0.3, -0.25) is 4.79 Å². The number of carboxylic acids is 1. The van der Waals surface area contributed by atoms with Gasteiger partial charge in [0.25, 0.3) is 0 Å². The van der Waals surface area contributed by atoms with Crippen molar-refractivity contribution in [3.8, 4) is 0 Å². The van der Waals surface area contributed by atoms with E-state index in [2.05, 4.69) is 10.6 Å². The van der Waals surface area contributed by atoms with Crippen molar-refractivity contribution >= 4 is 12.0 Å². The number of carboxylic acid groups (broad SMARTS) is 1. The molecule has 2 fully saturated rings. The van der Waals surface area contributed by atoms with Crippen LogP contribution >= 0.6 is 0 Å². The highest BCUT2D eigenvalue weighted by atomic mass is 19.4. The van der Waals surface area contributed by atoms with Crippen LogP contribution in [-0.4, -0.2) is 60.4 Å². The molecule has 0 bridgehead atoms. The first-order valence-corrected chi connectivity index (χ1v) is 6.82. The maximum absolute atomic E-state index is 13.0. The summed E-state index contributed by atoms with van der Waals surface area (Å²) in [5.74, 6) is -1.92. The fourth-order valence-electron chi connectivity index (χ4n) is 2.74. The third-order valence-corrected chi connectivity index (χ3v) is 4.18. The van der Waals surface area contributed by atoms with E-state index in [1.54, 1.807) is 0 Å². The molecule has 0 saturated carbocycles. The van der Waals surface area contributed by atoms with E-state index in [-0.39, 0.29) is 12.6 Å². The van der Waals surface area contributed by atoms with Crippen molar-refractivity contribution in [2.24, 2.45) is 5.41 Å². The SMILES string of the molecule is O=C(NC1CCNCC1)N1CCC(C(=O)O)(C(F)(F)F)C1. The molecule has 2 saturated heterocycles. The lowest BCUT2D eigenvalue weighted by Gasteiger charge is -2.29. The van der Waals surface area contributed by atoms with Gasteiger partial charge < -0.3 is 20.6 Å². The van der Waals surface area contributed by atoms with Crippen LogP contribution in [0.1, 0.15) is 19.3 Å². The number of carbonyl (C=O) groups excluding carboxylic acids is 1. The Hall–Kier alpha value is -1.51. The number of carbonyl (C=O) groups is 2. The number of urea groups is 1. The minimum Gasteiger partial charge on any atom is -0.481 e. The summed E-state index contributed by atoms with van der Waals surface area (Å²) in [7, 11) is 0. The topological polar surface area (TPSA) is 81.7 Å². The molecule has 120 valence electrons. The lowest BCUT2D eigenvalue weighted by atomic mass is 9.86. The van der Waals surface area contributed by atoms with E-state index in [4.69, 9.17) is 5.11 Å². The highest BCUT2D eigenvalue weighted by Gasteiger charge is 2.64. The molecule has 0 aliphatic carbocycles. The summed E-state index contributed by atoms with van der Waals surface area (Å²) in [5.41, 5.74) is -2.85. The summed E-state index contributed by atoms with van der Waals surface area (Å²) in [6.07, 6.45) is -4.06. The third-order valence-electron chi connectivity index (χ3n) is 4.18. The maximum atomic E-state index is 13.0. The van der Waals surface area contributed by atoms with Crippen molar-refractivity contribution < 1.29 is 27.9 Å².